The summed E-state index contributed by atoms with van der Waals surface area (Å²) < 4.78 is 17.6. The van der Waals surface area contributed by atoms with Gasteiger partial charge in [-0.3, -0.25) is 9.59 Å². The molecule has 11 heteroatoms. The van der Waals surface area contributed by atoms with Crippen molar-refractivity contribution in [2.24, 2.45) is 0 Å². The normalized spacial score (nSPS) is 19.2. The van der Waals surface area contributed by atoms with Crippen molar-refractivity contribution in [2.45, 2.75) is 314 Å². The number of hydrogen-bond donors (Lipinski definition) is 6. The van der Waals surface area contributed by atoms with E-state index in [2.05, 4.69) is 142 Å². The number of nitrogens with one attached hydrogen (secondary N) is 1. The first-order valence-corrected chi connectivity index (χ1v) is 34.5. The topological polar surface area (TPSA) is 175 Å². The molecule has 6 N–H and O–H groups in total. The standard InChI is InChI=1S/C75H125NO10/c1-4-7-10-13-16-19-22-25-27-29-31-33-34-35-36-37-39-41-43-45-48-51-54-57-60-63-70(80)86-73-72(82)71(81)69(64-77)85-75(73)84-65-66(67(78)61-58-55-52-49-46-24-21-18-15-12-9-6-3)76-74(83)68(79)62-59-56-53-50-47-44-42-40-38-32-30-28-26-23-20-17-14-11-8-5-2/h8,11,16-17,19-20,25-28,31-33,35-36,38,42,44,50,53,58,61,66-69,71-73,75,77-79,81-82H,4-7,9-10,12-15,18,21-24,29-30,34,37,39-41,43,45-49,51-52,54-57,59-60,62-65H2,1-3H3,(H,76,83)/b11-8-,19-16-,20-17-,27-25-,28-26-,33-31-,36-35-,38-32-,44-42-,53-50-,61-58+. The van der Waals surface area contributed by atoms with Crippen molar-refractivity contribution in [2.75, 3.05) is 13.2 Å². The van der Waals surface area contributed by atoms with E-state index in [9.17, 15) is 35.1 Å². The van der Waals surface area contributed by atoms with E-state index < -0.39 is 67.4 Å². The number of carbonyl (C=O) groups excluding carboxylic acids is 2. The van der Waals surface area contributed by atoms with Gasteiger partial charge < -0.3 is 45.1 Å². The lowest BCUT2D eigenvalue weighted by atomic mass is 9.99. The fourth-order valence-corrected chi connectivity index (χ4v) is 9.88. The Balaban J connectivity index is 2.64. The van der Waals surface area contributed by atoms with Gasteiger partial charge in [0.15, 0.2) is 12.4 Å². The fourth-order valence-electron chi connectivity index (χ4n) is 9.88. The minimum Gasteiger partial charge on any atom is -0.454 e. The summed E-state index contributed by atoms with van der Waals surface area (Å²) in [5.74, 6) is -1.25. The Labute approximate surface area is 524 Å². The molecule has 1 amide bonds. The Morgan fingerprint density at radius 2 is 0.837 bits per heavy atom. The summed E-state index contributed by atoms with van der Waals surface area (Å²) in [6.07, 6.45) is 76.3. The Kier molecular flexibility index (Phi) is 56.7. The number of allylic oxidation sites excluding steroid dienone is 21. The van der Waals surface area contributed by atoms with Crippen LogP contribution in [0.15, 0.2) is 134 Å². The maximum atomic E-state index is 13.4. The summed E-state index contributed by atoms with van der Waals surface area (Å²) in [4.78, 5) is 26.6. The Morgan fingerprint density at radius 1 is 0.465 bits per heavy atom. The van der Waals surface area contributed by atoms with Crippen LogP contribution in [0.2, 0.25) is 0 Å². The van der Waals surface area contributed by atoms with E-state index in [1.165, 1.54) is 96.3 Å². The van der Waals surface area contributed by atoms with E-state index in [-0.39, 0.29) is 19.4 Å². The number of unbranched alkanes of at least 4 members (excludes halogenated alkanes) is 23. The molecule has 1 aliphatic heterocycles. The number of aliphatic hydroxyl groups excluding tert-OH is 5. The summed E-state index contributed by atoms with van der Waals surface area (Å²) in [5.41, 5.74) is 0. The lowest BCUT2D eigenvalue weighted by Crippen LogP contribution is -2.61. The van der Waals surface area contributed by atoms with Gasteiger partial charge in [0.05, 0.1) is 25.4 Å². The van der Waals surface area contributed by atoms with Gasteiger partial charge in [-0.15, -0.1) is 0 Å². The van der Waals surface area contributed by atoms with Crippen LogP contribution >= 0.6 is 0 Å². The Morgan fingerprint density at radius 3 is 1.28 bits per heavy atom. The molecular formula is C75H125NO10. The first kappa shape index (κ1) is 79.8. The number of rotatable bonds is 57. The molecule has 0 aromatic carbocycles. The van der Waals surface area contributed by atoms with Gasteiger partial charge in [-0.05, 0) is 122 Å². The summed E-state index contributed by atoms with van der Waals surface area (Å²) >= 11 is 0. The van der Waals surface area contributed by atoms with Crippen LogP contribution in [0.4, 0.5) is 0 Å². The highest BCUT2D eigenvalue weighted by Crippen LogP contribution is 2.26. The SMILES string of the molecule is CC/C=C\C/C=C\C/C=C\C/C=C\C/C=C\C/C=C\CCCC(O)C(=O)NC(COC1OC(CO)C(O)C(O)C1OC(=O)CCCCCCCCCCC/C=C\C/C=C\C/C=C\C/C=C\CCCCC)C(O)/C=C/CCCCCCCCCCCC. The monoisotopic (exact) mass is 1200 g/mol. The molecule has 8 atom stereocenters. The predicted molar refractivity (Wildman–Crippen MR) is 361 cm³/mol. The molecule has 86 heavy (non-hydrogen) atoms. The minimum absolute atomic E-state index is 0.103. The molecule has 0 spiro atoms. The molecule has 0 radical (unpaired) electrons. The van der Waals surface area contributed by atoms with Crippen molar-refractivity contribution in [3.8, 4) is 0 Å². The molecule has 1 saturated heterocycles. The number of hydrogen-bond acceptors (Lipinski definition) is 10. The zero-order valence-electron chi connectivity index (χ0n) is 54.4. The Hall–Kier alpha value is -4.20. The zero-order chi connectivity index (χ0) is 62.4. The largest absolute Gasteiger partial charge is 0.454 e. The highest BCUT2D eigenvalue weighted by atomic mass is 16.7. The van der Waals surface area contributed by atoms with E-state index in [4.69, 9.17) is 14.2 Å². The summed E-state index contributed by atoms with van der Waals surface area (Å²) in [6, 6.07) is -1.06. The van der Waals surface area contributed by atoms with E-state index in [1.54, 1.807) is 6.08 Å². The molecule has 11 nitrogen and oxygen atoms in total. The van der Waals surface area contributed by atoms with Crippen LogP contribution in [0.1, 0.15) is 265 Å². The van der Waals surface area contributed by atoms with Gasteiger partial charge in [-0.25, -0.2) is 0 Å². The van der Waals surface area contributed by atoms with Crippen LogP contribution in [0.5, 0.6) is 0 Å². The number of ether oxygens (including phenoxy) is 3. The molecular weight excluding hydrogens is 1070 g/mol. The summed E-state index contributed by atoms with van der Waals surface area (Å²) in [6.45, 7) is 5.62. The third-order valence-corrected chi connectivity index (χ3v) is 15.3. The van der Waals surface area contributed by atoms with Gasteiger partial charge in [-0.2, -0.15) is 0 Å². The molecule has 1 fully saturated rings. The van der Waals surface area contributed by atoms with Crippen molar-refractivity contribution in [3.63, 3.8) is 0 Å². The van der Waals surface area contributed by atoms with Gasteiger partial charge in [0.1, 0.15) is 24.4 Å². The second-order valence-electron chi connectivity index (χ2n) is 23.2. The predicted octanol–water partition coefficient (Wildman–Crippen LogP) is 17.6. The van der Waals surface area contributed by atoms with Gasteiger partial charge in [0.25, 0.3) is 0 Å². The lowest BCUT2D eigenvalue weighted by molar-refractivity contribution is -0.305. The van der Waals surface area contributed by atoms with Crippen LogP contribution in [0, 0.1) is 0 Å². The molecule has 0 bridgehead atoms. The maximum Gasteiger partial charge on any atom is 0.306 e. The molecule has 0 saturated carbocycles. The van der Waals surface area contributed by atoms with Crippen molar-refractivity contribution in [1.82, 2.24) is 5.32 Å². The number of esters is 1. The smallest absolute Gasteiger partial charge is 0.306 e. The minimum atomic E-state index is -1.63. The number of amides is 1. The third-order valence-electron chi connectivity index (χ3n) is 15.3. The average Bonchev–Trinajstić information content (AvgIpc) is 3.30. The lowest BCUT2D eigenvalue weighted by Gasteiger charge is -2.41. The quantitative estimate of drug-likeness (QED) is 0.0195. The second kappa shape index (κ2) is 61.1. The molecule has 1 aliphatic rings. The van der Waals surface area contributed by atoms with Crippen LogP contribution < -0.4 is 5.32 Å². The van der Waals surface area contributed by atoms with E-state index >= 15 is 0 Å². The van der Waals surface area contributed by atoms with Crippen molar-refractivity contribution in [1.29, 1.82) is 0 Å². The van der Waals surface area contributed by atoms with Gasteiger partial charge in [-0.1, -0.05) is 270 Å². The third kappa shape index (κ3) is 47.8. The number of carbonyl (C=O) groups is 2. The summed E-state index contributed by atoms with van der Waals surface area (Å²) in [7, 11) is 0. The molecule has 0 aromatic rings. The van der Waals surface area contributed by atoms with Crippen LogP contribution in [0.25, 0.3) is 0 Å². The van der Waals surface area contributed by atoms with Crippen molar-refractivity contribution >= 4 is 11.9 Å². The first-order chi connectivity index (χ1) is 42.2. The van der Waals surface area contributed by atoms with Crippen molar-refractivity contribution in [3.05, 3.63) is 134 Å². The van der Waals surface area contributed by atoms with Gasteiger partial charge in [0.2, 0.25) is 5.91 Å². The summed E-state index contributed by atoms with van der Waals surface area (Å²) in [5, 5.41) is 57.1. The van der Waals surface area contributed by atoms with Crippen molar-refractivity contribution < 1.29 is 49.3 Å². The zero-order valence-corrected chi connectivity index (χ0v) is 54.4. The van der Waals surface area contributed by atoms with Crippen LogP contribution in [0.3, 0.4) is 0 Å². The molecule has 0 aromatic heterocycles. The average molecular weight is 1200 g/mol. The highest BCUT2D eigenvalue weighted by molar-refractivity contribution is 5.80. The molecule has 1 rings (SSSR count). The second-order valence-corrected chi connectivity index (χ2v) is 23.2. The molecule has 1 heterocycles. The first-order valence-electron chi connectivity index (χ1n) is 34.5. The molecule has 8 unspecified atom stereocenters. The van der Waals surface area contributed by atoms with Crippen LogP contribution in [-0.2, 0) is 23.8 Å². The van der Waals surface area contributed by atoms with E-state index in [1.807, 2.05) is 12.2 Å². The van der Waals surface area contributed by atoms with Gasteiger partial charge >= 0.3 is 5.97 Å². The maximum absolute atomic E-state index is 13.4. The highest BCUT2D eigenvalue weighted by Gasteiger charge is 2.47. The van der Waals surface area contributed by atoms with E-state index in [0.29, 0.717) is 19.3 Å². The Bertz CT molecular complexity index is 1910. The van der Waals surface area contributed by atoms with E-state index in [0.717, 1.165) is 116 Å². The van der Waals surface area contributed by atoms with Gasteiger partial charge in [0, 0.05) is 6.42 Å². The number of aliphatic hydroxyl groups is 5. The van der Waals surface area contributed by atoms with Crippen LogP contribution in [-0.4, -0.2) is 99.6 Å². The molecule has 0 aliphatic carbocycles. The fraction of sp³-hybridized carbons (Fsp3) is 0.680. The molecule has 490 valence electrons.